The van der Waals surface area contributed by atoms with Crippen LogP contribution in [0.15, 0.2) is 12.2 Å². The predicted molar refractivity (Wildman–Crippen MR) is 39.7 cm³/mol. The molecule has 0 aliphatic rings. The molecule has 0 spiro atoms. The van der Waals surface area contributed by atoms with Gasteiger partial charge < -0.3 is 10.8 Å². The molecule has 3 nitrogen and oxygen atoms in total. The summed E-state index contributed by atoms with van der Waals surface area (Å²) in [5.74, 6) is -0.836. The van der Waals surface area contributed by atoms with Crippen LogP contribution in [0.25, 0.3) is 0 Å². The topological polar surface area (TPSA) is 63.3 Å². The molecular weight excluding hydrogens is 130 g/mol. The maximum absolute atomic E-state index is 10.1. The van der Waals surface area contributed by atoms with E-state index >= 15 is 0 Å². The first kappa shape index (κ1) is 9.17. The molecule has 0 aliphatic carbocycles. The maximum atomic E-state index is 10.1. The summed E-state index contributed by atoms with van der Waals surface area (Å²) in [4.78, 5) is 10.1. The number of carboxylic acid groups (broad SMARTS) is 1. The van der Waals surface area contributed by atoms with E-state index in [2.05, 4.69) is 0 Å². The Kier molecular flexibility index (Phi) is 4.58. The second-order valence-corrected chi connectivity index (χ2v) is 2.16. The smallest absolute Gasteiger partial charge is 0.304 e. The number of aliphatic carboxylic acids is 1. The molecule has 0 aromatic carbocycles. The summed E-state index contributed by atoms with van der Waals surface area (Å²) in [6.07, 6.45) is 4.42. The number of hydrogen-bond acceptors (Lipinski definition) is 2. The van der Waals surface area contributed by atoms with Crippen LogP contribution in [0.1, 0.15) is 19.8 Å². The third kappa shape index (κ3) is 5.31. The lowest BCUT2D eigenvalue weighted by molar-refractivity contribution is -0.137. The van der Waals surface area contributed by atoms with Gasteiger partial charge in [-0.15, -0.1) is 0 Å². The van der Waals surface area contributed by atoms with Crippen molar-refractivity contribution in [3.05, 3.63) is 12.2 Å². The zero-order chi connectivity index (χ0) is 7.98. The molecular formula is C7H13NO2. The van der Waals surface area contributed by atoms with Gasteiger partial charge in [0.25, 0.3) is 0 Å². The number of allylic oxidation sites excluding steroid dienone is 1. The largest absolute Gasteiger partial charge is 0.481 e. The molecule has 1 atom stereocenters. The van der Waals surface area contributed by atoms with Gasteiger partial charge in [-0.1, -0.05) is 12.2 Å². The highest BCUT2D eigenvalue weighted by molar-refractivity contribution is 5.67. The van der Waals surface area contributed by atoms with Crippen molar-refractivity contribution >= 4 is 5.97 Å². The van der Waals surface area contributed by atoms with Crippen LogP contribution >= 0.6 is 0 Å². The Morgan fingerprint density at radius 1 is 1.80 bits per heavy atom. The summed E-state index contributed by atoms with van der Waals surface area (Å²) in [5, 5.41) is 8.28. The standard InChI is InChI=1S/C7H13NO2/c1-2-3-4-6(8)5-7(9)10/h2-3,6H,4-5,8H2,1H3,(H,9,10)/t6-/m0/s1. The molecule has 0 rings (SSSR count). The first-order valence-corrected chi connectivity index (χ1v) is 3.25. The Balaban J connectivity index is 3.43. The Morgan fingerprint density at radius 2 is 2.40 bits per heavy atom. The van der Waals surface area contributed by atoms with Crippen molar-refractivity contribution in [3.8, 4) is 0 Å². The monoisotopic (exact) mass is 143 g/mol. The lowest BCUT2D eigenvalue weighted by Gasteiger charge is -2.02. The molecule has 0 bridgehead atoms. The van der Waals surface area contributed by atoms with Crippen LogP contribution in [0.5, 0.6) is 0 Å². The fraction of sp³-hybridized carbons (Fsp3) is 0.571. The molecule has 0 unspecified atom stereocenters. The van der Waals surface area contributed by atoms with Crippen LogP contribution in [0.2, 0.25) is 0 Å². The number of carboxylic acids is 1. The minimum atomic E-state index is -0.836. The molecule has 0 saturated carbocycles. The second-order valence-electron chi connectivity index (χ2n) is 2.16. The van der Waals surface area contributed by atoms with Crippen molar-refractivity contribution < 1.29 is 9.90 Å². The molecule has 10 heavy (non-hydrogen) atoms. The summed E-state index contributed by atoms with van der Waals surface area (Å²) < 4.78 is 0. The van der Waals surface area contributed by atoms with Gasteiger partial charge in [0.15, 0.2) is 0 Å². The van der Waals surface area contributed by atoms with Gasteiger partial charge in [0.05, 0.1) is 6.42 Å². The van der Waals surface area contributed by atoms with E-state index in [1.165, 1.54) is 0 Å². The molecule has 0 amide bonds. The Hall–Kier alpha value is -0.830. The van der Waals surface area contributed by atoms with E-state index in [4.69, 9.17) is 10.8 Å². The number of hydrogen-bond donors (Lipinski definition) is 2. The van der Waals surface area contributed by atoms with E-state index in [9.17, 15) is 4.79 Å². The van der Waals surface area contributed by atoms with Crippen LogP contribution in [0, 0.1) is 0 Å². The van der Waals surface area contributed by atoms with Gasteiger partial charge in [0.1, 0.15) is 0 Å². The Bertz CT molecular complexity index is 132. The second kappa shape index (κ2) is 4.99. The Labute approximate surface area is 60.5 Å². The third-order valence-electron chi connectivity index (χ3n) is 1.11. The van der Waals surface area contributed by atoms with E-state index < -0.39 is 5.97 Å². The quantitative estimate of drug-likeness (QED) is 0.571. The molecule has 3 N–H and O–H groups in total. The lowest BCUT2D eigenvalue weighted by atomic mass is 10.1. The van der Waals surface area contributed by atoms with Gasteiger partial charge >= 0.3 is 5.97 Å². The van der Waals surface area contributed by atoms with Crippen LogP contribution in [0.3, 0.4) is 0 Å². The third-order valence-corrected chi connectivity index (χ3v) is 1.11. The van der Waals surface area contributed by atoms with Crippen molar-refractivity contribution in [1.82, 2.24) is 0 Å². The first-order chi connectivity index (χ1) is 4.66. The highest BCUT2D eigenvalue weighted by Gasteiger charge is 2.04. The molecule has 3 heteroatoms. The number of carbonyl (C=O) groups is 1. The SMILES string of the molecule is CC=CC[C@H](N)CC(=O)O. The fourth-order valence-corrected chi connectivity index (χ4v) is 0.619. The summed E-state index contributed by atoms with van der Waals surface area (Å²) in [7, 11) is 0. The molecule has 0 heterocycles. The summed E-state index contributed by atoms with van der Waals surface area (Å²) in [6.45, 7) is 1.88. The van der Waals surface area contributed by atoms with Crippen molar-refractivity contribution in [3.63, 3.8) is 0 Å². The van der Waals surface area contributed by atoms with E-state index in [1.807, 2.05) is 19.1 Å². The normalized spacial score (nSPS) is 13.8. The molecule has 0 aliphatic heterocycles. The van der Waals surface area contributed by atoms with E-state index in [1.54, 1.807) is 0 Å². The fourth-order valence-electron chi connectivity index (χ4n) is 0.619. The maximum Gasteiger partial charge on any atom is 0.304 e. The minimum Gasteiger partial charge on any atom is -0.481 e. The van der Waals surface area contributed by atoms with Gasteiger partial charge in [-0.25, -0.2) is 0 Å². The summed E-state index contributed by atoms with van der Waals surface area (Å²) in [5.41, 5.74) is 5.43. The molecule has 0 saturated heterocycles. The van der Waals surface area contributed by atoms with Crippen LogP contribution in [-0.4, -0.2) is 17.1 Å². The highest BCUT2D eigenvalue weighted by Crippen LogP contribution is 1.95. The van der Waals surface area contributed by atoms with Crippen molar-refractivity contribution in [2.24, 2.45) is 5.73 Å². The van der Waals surface area contributed by atoms with Gasteiger partial charge in [0.2, 0.25) is 0 Å². The highest BCUT2D eigenvalue weighted by atomic mass is 16.4. The molecule has 58 valence electrons. The van der Waals surface area contributed by atoms with E-state index in [-0.39, 0.29) is 12.5 Å². The summed E-state index contributed by atoms with van der Waals surface area (Å²) >= 11 is 0. The lowest BCUT2D eigenvalue weighted by Crippen LogP contribution is -2.22. The van der Waals surface area contributed by atoms with Crippen molar-refractivity contribution in [1.29, 1.82) is 0 Å². The minimum absolute atomic E-state index is 0.0460. The zero-order valence-electron chi connectivity index (χ0n) is 6.08. The molecule has 0 aromatic rings. The van der Waals surface area contributed by atoms with Crippen LogP contribution in [0.4, 0.5) is 0 Å². The van der Waals surface area contributed by atoms with Gasteiger partial charge in [-0.3, -0.25) is 4.79 Å². The average molecular weight is 143 g/mol. The van der Waals surface area contributed by atoms with Crippen molar-refractivity contribution in [2.45, 2.75) is 25.8 Å². The molecule has 0 aromatic heterocycles. The van der Waals surface area contributed by atoms with Crippen molar-refractivity contribution in [2.75, 3.05) is 0 Å². The number of nitrogens with two attached hydrogens (primary N) is 1. The van der Waals surface area contributed by atoms with Crippen LogP contribution < -0.4 is 5.73 Å². The first-order valence-electron chi connectivity index (χ1n) is 3.25. The van der Waals surface area contributed by atoms with E-state index in [0.717, 1.165) is 0 Å². The number of rotatable bonds is 4. The predicted octanol–water partition coefficient (Wildman–Crippen LogP) is 0.755. The average Bonchev–Trinajstić information content (AvgIpc) is 1.82. The Morgan fingerprint density at radius 3 is 2.80 bits per heavy atom. The molecule has 0 fully saturated rings. The summed E-state index contributed by atoms with van der Waals surface area (Å²) in [6, 6.07) is -0.242. The van der Waals surface area contributed by atoms with E-state index in [0.29, 0.717) is 6.42 Å². The van der Waals surface area contributed by atoms with Gasteiger partial charge in [0, 0.05) is 6.04 Å². The zero-order valence-corrected chi connectivity index (χ0v) is 6.08. The van der Waals surface area contributed by atoms with Gasteiger partial charge in [-0.05, 0) is 13.3 Å². The van der Waals surface area contributed by atoms with Gasteiger partial charge in [-0.2, -0.15) is 0 Å². The van der Waals surface area contributed by atoms with Crippen LogP contribution in [-0.2, 0) is 4.79 Å². The molecule has 0 radical (unpaired) electrons.